The van der Waals surface area contributed by atoms with E-state index in [1.807, 2.05) is 25.1 Å². The summed E-state index contributed by atoms with van der Waals surface area (Å²) in [6.45, 7) is 1.97. The van der Waals surface area contributed by atoms with Crippen molar-refractivity contribution >= 4 is 21.4 Å². The third kappa shape index (κ3) is 3.77. The van der Waals surface area contributed by atoms with E-state index < -0.39 is 9.84 Å². The second-order valence-electron chi connectivity index (χ2n) is 5.98. The van der Waals surface area contributed by atoms with Crippen molar-refractivity contribution < 1.29 is 8.42 Å². The van der Waals surface area contributed by atoms with Crippen LogP contribution in [-0.4, -0.2) is 19.9 Å². The molecule has 1 aliphatic rings. The van der Waals surface area contributed by atoms with Gasteiger partial charge in [0.2, 0.25) is 0 Å². The van der Waals surface area contributed by atoms with Crippen molar-refractivity contribution in [3.63, 3.8) is 0 Å². The smallest absolute Gasteiger partial charge is 0.150 e. The highest BCUT2D eigenvalue weighted by Gasteiger charge is 2.33. The van der Waals surface area contributed by atoms with Crippen LogP contribution >= 0.6 is 11.6 Å². The van der Waals surface area contributed by atoms with Crippen molar-refractivity contribution in [1.29, 1.82) is 0 Å². The molecule has 0 heterocycles. The van der Waals surface area contributed by atoms with Crippen molar-refractivity contribution in [3.8, 4) is 0 Å². The Kier molecular flexibility index (Phi) is 5.30. The minimum absolute atomic E-state index is 0.0618. The largest absolute Gasteiger partial charge is 0.271 e. The van der Waals surface area contributed by atoms with Crippen LogP contribution in [0.4, 0.5) is 0 Å². The molecule has 4 nitrogen and oxygen atoms in total. The molecular weight excluding hydrogens is 308 g/mol. The molecule has 2 rings (SSSR count). The van der Waals surface area contributed by atoms with Gasteiger partial charge in [-0.05, 0) is 49.3 Å². The number of sulfone groups is 1. The van der Waals surface area contributed by atoms with Gasteiger partial charge in [0.15, 0.2) is 0 Å². The lowest BCUT2D eigenvalue weighted by Gasteiger charge is -2.34. The van der Waals surface area contributed by atoms with E-state index in [2.05, 4.69) is 5.43 Å². The van der Waals surface area contributed by atoms with Crippen LogP contribution in [0, 0.1) is 12.8 Å². The monoisotopic (exact) mass is 330 g/mol. The minimum atomic E-state index is -3.00. The first kappa shape index (κ1) is 16.7. The predicted molar refractivity (Wildman–Crippen MR) is 86.8 cm³/mol. The molecule has 21 heavy (non-hydrogen) atoms. The summed E-state index contributed by atoms with van der Waals surface area (Å²) < 4.78 is 23.7. The van der Waals surface area contributed by atoms with Crippen LogP contribution in [0.25, 0.3) is 0 Å². The summed E-state index contributed by atoms with van der Waals surface area (Å²) in [7, 11) is -3.00. The summed E-state index contributed by atoms with van der Waals surface area (Å²) in [5.41, 5.74) is 4.94. The molecule has 0 aromatic heterocycles. The molecular formula is C15H23ClN2O2S. The molecule has 1 aromatic carbocycles. The predicted octanol–water partition coefficient (Wildman–Crippen LogP) is 2.76. The Bertz CT molecular complexity index is 604. The first-order chi connectivity index (χ1) is 9.84. The van der Waals surface area contributed by atoms with Crippen LogP contribution in [0.3, 0.4) is 0 Å². The Morgan fingerprint density at radius 2 is 2.10 bits per heavy atom. The van der Waals surface area contributed by atoms with E-state index in [-0.39, 0.29) is 17.2 Å². The topological polar surface area (TPSA) is 72.2 Å². The van der Waals surface area contributed by atoms with E-state index in [9.17, 15) is 8.42 Å². The molecule has 118 valence electrons. The highest BCUT2D eigenvalue weighted by atomic mass is 35.5. The zero-order valence-electron chi connectivity index (χ0n) is 12.5. The lowest BCUT2D eigenvalue weighted by atomic mass is 9.80. The number of benzene rings is 1. The number of nitrogens with two attached hydrogens (primary N) is 1. The van der Waals surface area contributed by atoms with Crippen LogP contribution in [0.1, 0.15) is 42.9 Å². The van der Waals surface area contributed by atoms with E-state index in [0.29, 0.717) is 11.4 Å². The standard InChI is InChI=1S/C15H23ClN2O2S/c1-10-13(7-4-8-14(10)16)15(18-17)11-5-3-6-12(9-11)21(2,19)20/h4,7-8,11-12,15,18H,3,5-6,9,17H2,1-2H3. The van der Waals surface area contributed by atoms with Gasteiger partial charge in [-0.2, -0.15) is 0 Å². The summed E-state index contributed by atoms with van der Waals surface area (Å²) in [4.78, 5) is 0. The molecule has 1 fully saturated rings. The molecule has 3 atom stereocenters. The zero-order chi connectivity index (χ0) is 15.6. The number of rotatable bonds is 4. The average Bonchev–Trinajstić information content (AvgIpc) is 2.44. The Hall–Kier alpha value is -0.620. The van der Waals surface area contributed by atoms with Crippen LogP contribution in [0.5, 0.6) is 0 Å². The van der Waals surface area contributed by atoms with Crippen molar-refractivity contribution in [2.24, 2.45) is 11.8 Å². The number of nitrogens with one attached hydrogen (secondary N) is 1. The third-order valence-electron chi connectivity index (χ3n) is 4.57. The lowest BCUT2D eigenvalue weighted by molar-refractivity contribution is 0.274. The number of hydrogen-bond donors (Lipinski definition) is 2. The quantitative estimate of drug-likeness (QED) is 0.657. The van der Waals surface area contributed by atoms with Crippen LogP contribution < -0.4 is 11.3 Å². The molecule has 3 unspecified atom stereocenters. The Morgan fingerprint density at radius 3 is 2.71 bits per heavy atom. The normalized spacial score (nSPS) is 24.8. The molecule has 0 amide bonds. The van der Waals surface area contributed by atoms with Crippen LogP contribution in [-0.2, 0) is 9.84 Å². The van der Waals surface area contributed by atoms with Gasteiger partial charge >= 0.3 is 0 Å². The van der Waals surface area contributed by atoms with Gasteiger partial charge < -0.3 is 0 Å². The number of halogens is 1. The van der Waals surface area contributed by atoms with E-state index in [4.69, 9.17) is 17.4 Å². The Balaban J connectivity index is 2.27. The second-order valence-corrected chi connectivity index (χ2v) is 8.71. The van der Waals surface area contributed by atoms with Gasteiger partial charge in [-0.15, -0.1) is 0 Å². The maximum Gasteiger partial charge on any atom is 0.150 e. The molecule has 6 heteroatoms. The summed E-state index contributed by atoms with van der Waals surface area (Å²) >= 11 is 6.19. The van der Waals surface area contributed by atoms with Gasteiger partial charge in [0.05, 0.1) is 5.25 Å². The highest BCUT2D eigenvalue weighted by molar-refractivity contribution is 7.91. The molecule has 1 saturated carbocycles. The van der Waals surface area contributed by atoms with Crippen molar-refractivity contribution in [1.82, 2.24) is 5.43 Å². The van der Waals surface area contributed by atoms with Gasteiger partial charge in [-0.3, -0.25) is 11.3 Å². The summed E-state index contributed by atoms with van der Waals surface area (Å²) in [6, 6.07) is 5.71. The van der Waals surface area contributed by atoms with Gasteiger partial charge in [0.25, 0.3) is 0 Å². The zero-order valence-corrected chi connectivity index (χ0v) is 14.0. The number of hydrazine groups is 1. The van der Waals surface area contributed by atoms with E-state index in [0.717, 1.165) is 30.4 Å². The third-order valence-corrected chi connectivity index (χ3v) is 6.62. The van der Waals surface area contributed by atoms with E-state index in [1.165, 1.54) is 6.26 Å². The van der Waals surface area contributed by atoms with E-state index in [1.54, 1.807) is 0 Å². The fraction of sp³-hybridized carbons (Fsp3) is 0.600. The first-order valence-corrected chi connectivity index (χ1v) is 9.58. The average molecular weight is 331 g/mol. The second kappa shape index (κ2) is 6.65. The maximum absolute atomic E-state index is 11.8. The molecule has 0 aliphatic heterocycles. The van der Waals surface area contributed by atoms with Crippen LogP contribution in [0.2, 0.25) is 5.02 Å². The Labute approximate surface area is 131 Å². The summed E-state index contributed by atoms with van der Waals surface area (Å²) in [6.07, 6.45) is 4.63. The van der Waals surface area contributed by atoms with Crippen molar-refractivity contribution in [2.45, 2.75) is 43.9 Å². The SMILES string of the molecule is Cc1c(Cl)cccc1C(NN)C1CCCC(S(C)(=O)=O)C1. The molecule has 0 bridgehead atoms. The van der Waals surface area contributed by atoms with Gasteiger partial charge in [0.1, 0.15) is 9.84 Å². The molecule has 3 N–H and O–H groups in total. The fourth-order valence-corrected chi connectivity index (χ4v) is 4.69. The molecule has 0 saturated heterocycles. The van der Waals surface area contributed by atoms with E-state index >= 15 is 0 Å². The molecule has 1 aromatic rings. The maximum atomic E-state index is 11.8. The van der Waals surface area contributed by atoms with Gasteiger partial charge in [0, 0.05) is 17.3 Å². The van der Waals surface area contributed by atoms with Gasteiger partial charge in [-0.25, -0.2) is 8.42 Å². The lowest BCUT2D eigenvalue weighted by Crippen LogP contribution is -2.38. The highest BCUT2D eigenvalue weighted by Crippen LogP contribution is 2.38. The fourth-order valence-electron chi connectivity index (χ4n) is 3.31. The van der Waals surface area contributed by atoms with Crippen LogP contribution in [0.15, 0.2) is 18.2 Å². The molecule has 0 radical (unpaired) electrons. The summed E-state index contributed by atoms with van der Waals surface area (Å²) in [5.74, 6) is 5.98. The minimum Gasteiger partial charge on any atom is -0.271 e. The molecule has 0 spiro atoms. The number of hydrogen-bond acceptors (Lipinski definition) is 4. The van der Waals surface area contributed by atoms with Crippen molar-refractivity contribution in [2.75, 3.05) is 6.26 Å². The summed E-state index contributed by atoms with van der Waals surface area (Å²) in [5, 5.41) is 0.454. The first-order valence-electron chi connectivity index (χ1n) is 7.24. The Morgan fingerprint density at radius 1 is 1.38 bits per heavy atom. The molecule has 1 aliphatic carbocycles. The van der Waals surface area contributed by atoms with Gasteiger partial charge in [-0.1, -0.05) is 30.2 Å². The van der Waals surface area contributed by atoms with Crippen molar-refractivity contribution in [3.05, 3.63) is 34.3 Å².